The Hall–Kier alpha value is -0.640. The molecule has 0 atom stereocenters. The molecule has 0 saturated heterocycles. The summed E-state index contributed by atoms with van der Waals surface area (Å²) in [5, 5.41) is 1.28. The lowest BCUT2D eigenvalue weighted by Crippen LogP contribution is -1.73. The van der Waals surface area contributed by atoms with Crippen LogP contribution in [0, 0.1) is 0 Å². The van der Waals surface area contributed by atoms with Crippen molar-refractivity contribution in [2.75, 3.05) is 0 Å². The summed E-state index contributed by atoms with van der Waals surface area (Å²) >= 11 is 9.04. The van der Waals surface area contributed by atoms with Crippen LogP contribution in [0.3, 0.4) is 0 Å². The van der Waals surface area contributed by atoms with Gasteiger partial charge in [-0.3, -0.25) is 0 Å². The van der Waals surface area contributed by atoms with Crippen LogP contribution < -0.4 is 0 Å². The van der Waals surface area contributed by atoms with Gasteiger partial charge in [-0.1, -0.05) is 46.3 Å². The van der Waals surface area contributed by atoms with Crippen LogP contribution in [-0.4, -0.2) is 0 Å². The molecule has 0 bridgehead atoms. The van der Waals surface area contributed by atoms with Crippen molar-refractivity contribution >= 4 is 53.3 Å². The van der Waals surface area contributed by atoms with Crippen molar-refractivity contribution in [1.82, 2.24) is 0 Å². The van der Waals surface area contributed by atoms with E-state index in [4.69, 9.17) is 0 Å². The van der Waals surface area contributed by atoms with E-state index in [1.54, 1.807) is 0 Å². The molecule has 0 fully saturated rings. The molecule has 1 aromatic heterocycles. The fourth-order valence-electron chi connectivity index (χ4n) is 1.83. The van der Waals surface area contributed by atoms with Crippen molar-refractivity contribution in [3.8, 4) is 10.4 Å². The van der Waals surface area contributed by atoms with Crippen molar-refractivity contribution < 1.29 is 0 Å². The fraction of sp³-hybridized carbons (Fsp3) is 0. The number of thiophene rings is 1. The minimum absolute atomic E-state index is 1.11. The third kappa shape index (κ3) is 2.07. The molecular formula is C14H8Br2S. The minimum Gasteiger partial charge on any atom is -0.134 e. The second-order valence-corrected chi connectivity index (χ2v) is 6.51. The zero-order valence-corrected chi connectivity index (χ0v) is 12.8. The van der Waals surface area contributed by atoms with Gasteiger partial charge in [-0.05, 0) is 39.7 Å². The Balaban J connectivity index is 2.27. The van der Waals surface area contributed by atoms with Gasteiger partial charge in [-0.2, -0.15) is 0 Å². The monoisotopic (exact) mass is 366 g/mol. The molecule has 84 valence electrons. The molecule has 0 radical (unpaired) electrons. The summed E-state index contributed by atoms with van der Waals surface area (Å²) in [5.74, 6) is 0. The van der Waals surface area contributed by atoms with E-state index in [1.165, 1.54) is 25.0 Å². The average Bonchev–Trinajstić information content (AvgIpc) is 2.68. The highest BCUT2D eigenvalue weighted by Gasteiger charge is 2.10. The van der Waals surface area contributed by atoms with E-state index < -0.39 is 0 Å². The predicted molar refractivity (Wildman–Crippen MR) is 82.7 cm³/mol. The molecule has 3 aromatic rings. The van der Waals surface area contributed by atoms with Crippen LogP contribution in [0.5, 0.6) is 0 Å². The number of benzene rings is 2. The van der Waals surface area contributed by atoms with Gasteiger partial charge >= 0.3 is 0 Å². The van der Waals surface area contributed by atoms with Crippen LogP contribution >= 0.6 is 43.2 Å². The largest absolute Gasteiger partial charge is 0.134 e. The fourth-order valence-corrected chi connectivity index (χ4v) is 4.27. The third-order valence-electron chi connectivity index (χ3n) is 2.62. The molecule has 3 rings (SSSR count). The third-order valence-corrected chi connectivity index (χ3v) is 5.42. The van der Waals surface area contributed by atoms with Gasteiger partial charge in [0.05, 0.1) is 0 Å². The molecule has 17 heavy (non-hydrogen) atoms. The molecule has 0 N–H and O–H groups in total. The van der Waals surface area contributed by atoms with Crippen LogP contribution in [0.25, 0.3) is 20.5 Å². The zero-order chi connectivity index (χ0) is 11.8. The summed E-state index contributed by atoms with van der Waals surface area (Å²) in [6, 6.07) is 16.9. The molecule has 0 aliphatic heterocycles. The van der Waals surface area contributed by atoms with Crippen LogP contribution in [0.1, 0.15) is 0 Å². The van der Waals surface area contributed by atoms with E-state index in [9.17, 15) is 0 Å². The molecule has 0 amide bonds. The van der Waals surface area contributed by atoms with E-state index in [1.807, 2.05) is 17.4 Å². The predicted octanol–water partition coefficient (Wildman–Crippen LogP) is 6.09. The number of halogens is 2. The molecule has 1 heterocycles. The molecule has 3 heteroatoms. The number of fused-ring (bicyclic) bond motifs is 1. The minimum atomic E-state index is 1.11. The van der Waals surface area contributed by atoms with Crippen LogP contribution in [-0.2, 0) is 0 Å². The van der Waals surface area contributed by atoms with Gasteiger partial charge in [0.25, 0.3) is 0 Å². The molecule has 0 saturated carbocycles. The smallest absolute Gasteiger partial charge is 0.0497 e. The van der Waals surface area contributed by atoms with Gasteiger partial charge in [-0.25, -0.2) is 0 Å². The molecule has 0 unspecified atom stereocenters. The molecule has 0 aliphatic carbocycles. The van der Waals surface area contributed by atoms with Crippen molar-refractivity contribution in [2.24, 2.45) is 0 Å². The molecular weight excluding hydrogens is 360 g/mol. The first-order valence-electron chi connectivity index (χ1n) is 5.18. The maximum absolute atomic E-state index is 3.71. The van der Waals surface area contributed by atoms with Crippen molar-refractivity contribution in [2.45, 2.75) is 0 Å². The van der Waals surface area contributed by atoms with E-state index in [-0.39, 0.29) is 0 Å². The molecule has 0 aliphatic rings. The SMILES string of the molecule is Brc1cccc(-c2sc3ccccc3c2Br)c1. The normalized spacial score (nSPS) is 10.9. The lowest BCUT2D eigenvalue weighted by Gasteiger charge is -1.99. The van der Waals surface area contributed by atoms with Crippen molar-refractivity contribution in [3.63, 3.8) is 0 Å². The first-order chi connectivity index (χ1) is 8.25. The summed E-state index contributed by atoms with van der Waals surface area (Å²) in [4.78, 5) is 1.28. The van der Waals surface area contributed by atoms with Gasteiger partial charge in [0.2, 0.25) is 0 Å². The maximum Gasteiger partial charge on any atom is 0.0497 e. The van der Waals surface area contributed by atoms with Gasteiger partial charge < -0.3 is 0 Å². The summed E-state index contributed by atoms with van der Waals surface area (Å²) in [6.07, 6.45) is 0. The van der Waals surface area contributed by atoms with Crippen LogP contribution in [0.2, 0.25) is 0 Å². The molecule has 0 spiro atoms. The molecule has 2 aromatic carbocycles. The summed E-state index contributed by atoms with van der Waals surface area (Å²) in [5.41, 5.74) is 1.24. The Labute approximate surface area is 121 Å². The Kier molecular flexibility index (Phi) is 3.07. The van der Waals surface area contributed by atoms with E-state index >= 15 is 0 Å². The number of rotatable bonds is 1. The summed E-state index contributed by atoms with van der Waals surface area (Å²) < 4.78 is 3.62. The maximum atomic E-state index is 3.71. The van der Waals surface area contributed by atoms with E-state index in [0.717, 1.165) is 4.47 Å². The Morgan fingerprint density at radius 3 is 2.47 bits per heavy atom. The summed E-state index contributed by atoms with van der Waals surface area (Å²) in [6.45, 7) is 0. The number of hydrogen-bond donors (Lipinski definition) is 0. The average molecular weight is 368 g/mol. The quantitative estimate of drug-likeness (QED) is 0.487. The van der Waals surface area contributed by atoms with Crippen molar-refractivity contribution in [3.05, 3.63) is 57.5 Å². The first kappa shape index (κ1) is 11.5. The van der Waals surface area contributed by atoms with Crippen molar-refractivity contribution in [1.29, 1.82) is 0 Å². The second-order valence-electron chi connectivity index (χ2n) is 3.75. The van der Waals surface area contributed by atoms with Crippen LogP contribution in [0.15, 0.2) is 57.5 Å². The highest BCUT2D eigenvalue weighted by molar-refractivity contribution is 9.11. The Bertz CT molecular complexity index is 686. The van der Waals surface area contributed by atoms with Gasteiger partial charge in [0.1, 0.15) is 0 Å². The highest BCUT2D eigenvalue weighted by atomic mass is 79.9. The topological polar surface area (TPSA) is 0 Å². The second kappa shape index (κ2) is 4.56. The standard InChI is InChI=1S/C14H8Br2S/c15-10-5-3-4-9(8-10)14-13(16)11-6-1-2-7-12(11)17-14/h1-8H. The van der Waals surface area contributed by atoms with Gasteiger partial charge in [0.15, 0.2) is 0 Å². The van der Waals surface area contributed by atoms with E-state index in [0.29, 0.717) is 0 Å². The molecule has 0 nitrogen and oxygen atoms in total. The van der Waals surface area contributed by atoms with E-state index in [2.05, 4.69) is 74.3 Å². The zero-order valence-electron chi connectivity index (χ0n) is 8.78. The van der Waals surface area contributed by atoms with Gasteiger partial charge in [0, 0.05) is 23.9 Å². The van der Waals surface area contributed by atoms with Gasteiger partial charge in [-0.15, -0.1) is 11.3 Å². The van der Waals surface area contributed by atoms with Crippen LogP contribution in [0.4, 0.5) is 0 Å². The Morgan fingerprint density at radius 1 is 0.882 bits per heavy atom. The number of hydrogen-bond acceptors (Lipinski definition) is 1. The lowest BCUT2D eigenvalue weighted by atomic mass is 10.1. The lowest BCUT2D eigenvalue weighted by molar-refractivity contribution is 1.64. The summed E-state index contributed by atoms with van der Waals surface area (Å²) in [7, 11) is 0. The Morgan fingerprint density at radius 2 is 1.71 bits per heavy atom. The first-order valence-corrected chi connectivity index (χ1v) is 7.59. The highest BCUT2D eigenvalue weighted by Crippen LogP contribution is 2.42.